The minimum absolute atomic E-state index is 0.193. The summed E-state index contributed by atoms with van der Waals surface area (Å²) in [5.74, 6) is 2.12. The van der Waals surface area contributed by atoms with Gasteiger partial charge in [-0.25, -0.2) is 4.98 Å². The van der Waals surface area contributed by atoms with Gasteiger partial charge in [-0.2, -0.15) is 4.98 Å². The van der Waals surface area contributed by atoms with Crippen molar-refractivity contribution in [1.29, 1.82) is 0 Å². The summed E-state index contributed by atoms with van der Waals surface area (Å²) < 4.78 is 6.58. The molecule has 0 atom stereocenters. The second-order valence-corrected chi connectivity index (χ2v) is 4.76. The Labute approximate surface area is 108 Å². The summed E-state index contributed by atoms with van der Waals surface area (Å²) in [4.78, 5) is 20.1. The number of rotatable bonds is 3. The molecule has 0 amide bonds. The van der Waals surface area contributed by atoms with Gasteiger partial charge in [0.1, 0.15) is 17.5 Å². The van der Waals surface area contributed by atoms with Crippen LogP contribution in [0, 0.1) is 6.92 Å². The lowest BCUT2D eigenvalue weighted by atomic mass is 10.4. The molecule has 1 saturated carbocycles. The monoisotopic (exact) mass is 266 g/mol. The molecule has 0 bridgehead atoms. The summed E-state index contributed by atoms with van der Waals surface area (Å²) in [6, 6.07) is 1.27. The van der Waals surface area contributed by atoms with Gasteiger partial charge in [-0.3, -0.25) is 9.36 Å². The van der Waals surface area contributed by atoms with Crippen LogP contribution in [0.2, 0.25) is 5.15 Å². The largest absolute Gasteiger partial charge is 0.337 e. The van der Waals surface area contributed by atoms with E-state index in [0.29, 0.717) is 17.6 Å². The Morgan fingerprint density at radius 3 is 2.94 bits per heavy atom. The number of nitrogens with zero attached hydrogens (tertiary/aromatic N) is 4. The fourth-order valence-electron chi connectivity index (χ4n) is 1.75. The van der Waals surface area contributed by atoms with Gasteiger partial charge < -0.3 is 4.52 Å². The zero-order chi connectivity index (χ0) is 12.7. The summed E-state index contributed by atoms with van der Waals surface area (Å²) in [6.45, 7) is 1.94. The molecular formula is C11H11ClN4O2. The first-order chi connectivity index (χ1) is 8.63. The van der Waals surface area contributed by atoms with E-state index in [-0.39, 0.29) is 17.3 Å². The summed E-state index contributed by atoms with van der Waals surface area (Å²) >= 11 is 5.70. The van der Waals surface area contributed by atoms with E-state index in [1.807, 2.05) is 0 Å². The van der Waals surface area contributed by atoms with Gasteiger partial charge in [-0.1, -0.05) is 16.8 Å². The van der Waals surface area contributed by atoms with Crippen molar-refractivity contribution in [3.63, 3.8) is 0 Å². The van der Waals surface area contributed by atoms with Gasteiger partial charge in [0.05, 0.1) is 0 Å². The number of hydrogen-bond acceptors (Lipinski definition) is 5. The highest BCUT2D eigenvalue weighted by Crippen LogP contribution is 2.38. The number of hydrogen-bond donors (Lipinski definition) is 0. The van der Waals surface area contributed by atoms with Gasteiger partial charge in [-0.15, -0.1) is 0 Å². The highest BCUT2D eigenvalue weighted by molar-refractivity contribution is 6.29. The maximum atomic E-state index is 11.8. The third-order valence-electron chi connectivity index (χ3n) is 2.89. The standard InChI is InChI=1S/C11H11ClN4O2/c1-6-13-8(12)4-10(17)16(6)5-9-14-11(15-18-9)7-2-3-7/h4,7H,2-3,5H2,1H3. The van der Waals surface area contributed by atoms with Gasteiger partial charge in [0, 0.05) is 12.0 Å². The minimum atomic E-state index is -0.223. The summed E-state index contributed by atoms with van der Waals surface area (Å²) in [7, 11) is 0. The molecule has 0 N–H and O–H groups in total. The predicted octanol–water partition coefficient (Wildman–Crippen LogP) is 1.51. The molecule has 7 heteroatoms. The average molecular weight is 267 g/mol. The Kier molecular flexibility index (Phi) is 2.66. The minimum Gasteiger partial charge on any atom is -0.337 e. The molecule has 0 aromatic carbocycles. The molecule has 1 aliphatic carbocycles. The van der Waals surface area contributed by atoms with Crippen molar-refractivity contribution in [1.82, 2.24) is 19.7 Å². The van der Waals surface area contributed by atoms with Crippen molar-refractivity contribution >= 4 is 11.6 Å². The van der Waals surface area contributed by atoms with Gasteiger partial charge in [0.25, 0.3) is 5.56 Å². The molecular weight excluding hydrogens is 256 g/mol. The van der Waals surface area contributed by atoms with Crippen LogP contribution in [-0.2, 0) is 6.54 Å². The van der Waals surface area contributed by atoms with E-state index >= 15 is 0 Å². The Morgan fingerprint density at radius 2 is 2.28 bits per heavy atom. The van der Waals surface area contributed by atoms with Crippen molar-refractivity contribution in [2.45, 2.75) is 32.2 Å². The molecule has 2 heterocycles. The van der Waals surface area contributed by atoms with Crippen LogP contribution in [-0.4, -0.2) is 19.7 Å². The van der Waals surface area contributed by atoms with Gasteiger partial charge >= 0.3 is 0 Å². The molecule has 18 heavy (non-hydrogen) atoms. The third-order valence-corrected chi connectivity index (χ3v) is 3.08. The summed E-state index contributed by atoms with van der Waals surface area (Å²) in [5.41, 5.74) is -0.223. The van der Waals surface area contributed by atoms with E-state index in [2.05, 4.69) is 15.1 Å². The highest BCUT2D eigenvalue weighted by atomic mass is 35.5. The molecule has 2 aromatic heterocycles. The molecule has 0 saturated heterocycles. The van der Waals surface area contributed by atoms with Crippen LogP contribution < -0.4 is 5.56 Å². The van der Waals surface area contributed by atoms with E-state index in [0.717, 1.165) is 18.7 Å². The van der Waals surface area contributed by atoms with Crippen LogP contribution in [0.15, 0.2) is 15.4 Å². The zero-order valence-corrected chi connectivity index (χ0v) is 10.5. The fraction of sp³-hybridized carbons (Fsp3) is 0.455. The summed E-state index contributed by atoms with van der Waals surface area (Å²) in [5, 5.41) is 4.10. The number of aromatic nitrogens is 4. The van der Waals surface area contributed by atoms with Crippen molar-refractivity contribution in [2.75, 3.05) is 0 Å². The molecule has 0 radical (unpaired) electrons. The van der Waals surface area contributed by atoms with Crippen molar-refractivity contribution in [3.05, 3.63) is 39.1 Å². The van der Waals surface area contributed by atoms with E-state index in [1.165, 1.54) is 10.6 Å². The third kappa shape index (κ3) is 2.15. The Balaban J connectivity index is 1.89. The van der Waals surface area contributed by atoms with Crippen molar-refractivity contribution in [3.8, 4) is 0 Å². The highest BCUT2D eigenvalue weighted by Gasteiger charge is 2.28. The van der Waals surface area contributed by atoms with Crippen LogP contribution in [0.25, 0.3) is 0 Å². The lowest BCUT2D eigenvalue weighted by molar-refractivity contribution is 0.363. The molecule has 0 aliphatic heterocycles. The van der Waals surface area contributed by atoms with Gasteiger partial charge in [0.15, 0.2) is 5.82 Å². The molecule has 0 unspecified atom stereocenters. The Morgan fingerprint density at radius 1 is 1.50 bits per heavy atom. The maximum Gasteiger partial charge on any atom is 0.255 e. The van der Waals surface area contributed by atoms with E-state index in [1.54, 1.807) is 6.92 Å². The molecule has 2 aromatic rings. The van der Waals surface area contributed by atoms with Crippen LogP contribution in [0.5, 0.6) is 0 Å². The molecule has 0 spiro atoms. The number of aryl methyl sites for hydroxylation is 1. The predicted molar refractivity (Wildman–Crippen MR) is 63.6 cm³/mol. The Hall–Kier alpha value is -1.69. The lowest BCUT2D eigenvalue weighted by Gasteiger charge is -2.05. The smallest absolute Gasteiger partial charge is 0.255 e. The van der Waals surface area contributed by atoms with Crippen LogP contribution in [0.4, 0.5) is 0 Å². The molecule has 3 rings (SSSR count). The normalized spacial score (nSPS) is 15.0. The topological polar surface area (TPSA) is 73.8 Å². The van der Waals surface area contributed by atoms with Crippen LogP contribution in [0.1, 0.15) is 36.3 Å². The molecule has 94 valence electrons. The Bertz CT molecular complexity index is 645. The second kappa shape index (κ2) is 4.20. The maximum absolute atomic E-state index is 11.8. The SMILES string of the molecule is Cc1nc(Cl)cc(=O)n1Cc1nc(C2CC2)no1. The van der Waals surface area contributed by atoms with Gasteiger partial charge in [0.2, 0.25) is 5.89 Å². The fourth-order valence-corrected chi connectivity index (χ4v) is 1.97. The quantitative estimate of drug-likeness (QED) is 0.788. The first kappa shape index (κ1) is 11.4. The van der Waals surface area contributed by atoms with Crippen LogP contribution in [0.3, 0.4) is 0 Å². The molecule has 1 fully saturated rings. The number of halogens is 1. The molecule has 6 nitrogen and oxygen atoms in total. The molecule has 1 aliphatic rings. The zero-order valence-electron chi connectivity index (χ0n) is 9.76. The van der Waals surface area contributed by atoms with Crippen molar-refractivity contribution < 1.29 is 4.52 Å². The van der Waals surface area contributed by atoms with Gasteiger partial charge in [-0.05, 0) is 19.8 Å². The van der Waals surface area contributed by atoms with E-state index in [4.69, 9.17) is 16.1 Å². The lowest BCUT2D eigenvalue weighted by Crippen LogP contribution is -2.23. The van der Waals surface area contributed by atoms with E-state index in [9.17, 15) is 4.79 Å². The second-order valence-electron chi connectivity index (χ2n) is 4.37. The van der Waals surface area contributed by atoms with Crippen LogP contribution >= 0.6 is 11.6 Å². The first-order valence-corrected chi connectivity index (χ1v) is 6.08. The van der Waals surface area contributed by atoms with E-state index < -0.39 is 0 Å². The summed E-state index contributed by atoms with van der Waals surface area (Å²) in [6.07, 6.45) is 2.22. The average Bonchev–Trinajstić information content (AvgIpc) is 3.04. The first-order valence-electron chi connectivity index (χ1n) is 5.70. The van der Waals surface area contributed by atoms with Crippen molar-refractivity contribution in [2.24, 2.45) is 0 Å².